The van der Waals surface area contributed by atoms with Gasteiger partial charge in [-0.15, -0.1) is 0 Å². The Morgan fingerprint density at radius 1 is 0.683 bits per heavy atom. The van der Waals surface area contributed by atoms with E-state index in [0.29, 0.717) is 0 Å². The zero-order valence-electron chi connectivity index (χ0n) is 21.2. The van der Waals surface area contributed by atoms with Crippen LogP contribution in [-0.4, -0.2) is 187 Å². The van der Waals surface area contributed by atoms with Gasteiger partial charge < -0.3 is 79.9 Å². The van der Waals surface area contributed by atoms with Crippen LogP contribution >= 0.6 is 0 Å². The van der Waals surface area contributed by atoms with E-state index in [1.54, 1.807) is 0 Å². The van der Waals surface area contributed by atoms with E-state index in [9.17, 15) is 55.5 Å². The second-order valence-electron chi connectivity index (χ2n) is 9.49. The van der Waals surface area contributed by atoms with E-state index in [2.05, 4.69) is 0 Å². The molecule has 3 fully saturated rings. The second-order valence-corrected chi connectivity index (χ2v) is 9.49. The van der Waals surface area contributed by atoms with Crippen molar-refractivity contribution in [3.8, 4) is 0 Å². The Balaban J connectivity index is 1.93. The Labute approximate surface area is 230 Å². The number of aliphatic hydroxyl groups is 9. The van der Waals surface area contributed by atoms with Crippen LogP contribution in [-0.2, 0) is 42.7 Å². The van der Waals surface area contributed by atoms with Crippen LogP contribution in [0.2, 0.25) is 0 Å². The molecule has 4 unspecified atom stereocenters. The lowest BCUT2D eigenvalue weighted by molar-refractivity contribution is -0.500. The maximum Gasteiger partial charge on any atom is 0.329 e. The van der Waals surface area contributed by atoms with Gasteiger partial charge in [-0.2, -0.15) is 0 Å². The minimum absolute atomic E-state index is 0.645. The molecule has 0 aliphatic carbocycles. The van der Waals surface area contributed by atoms with Gasteiger partial charge in [0, 0.05) is 0 Å². The highest BCUT2D eigenvalue weighted by atomic mass is 17.0. The molecule has 0 bridgehead atoms. The molecule has 0 amide bonds. The fourth-order valence-corrected chi connectivity index (χ4v) is 4.43. The van der Waals surface area contributed by atoms with Gasteiger partial charge in [-0.3, -0.25) is 9.47 Å². The summed E-state index contributed by atoms with van der Waals surface area (Å²) in [6, 6.07) is 0. The number of carbonyl (C=O) groups is 2. The Hall–Kier alpha value is -1.70. The van der Waals surface area contributed by atoms with Crippen molar-refractivity contribution in [1.29, 1.82) is 0 Å². The monoisotopic (exact) mass is 606 g/mol. The molecule has 20 heteroatoms. The van der Waals surface area contributed by atoms with Gasteiger partial charge in [-0.1, -0.05) is 0 Å². The van der Waals surface area contributed by atoms with Crippen molar-refractivity contribution in [3.63, 3.8) is 0 Å². The summed E-state index contributed by atoms with van der Waals surface area (Å²) in [5, 5.41) is 111. The zero-order chi connectivity index (χ0) is 30.7. The molecule has 3 heterocycles. The van der Waals surface area contributed by atoms with Crippen molar-refractivity contribution in [2.75, 3.05) is 39.6 Å². The van der Waals surface area contributed by atoms with Gasteiger partial charge in [0.15, 0.2) is 12.4 Å². The molecule has 0 radical (unpaired) electrons. The molecular formula is C21H34O20. The minimum Gasteiger partial charge on any atom is -0.480 e. The number of hydrogen-bond donors (Lipinski definition) is 11. The van der Waals surface area contributed by atoms with Crippen molar-refractivity contribution in [2.24, 2.45) is 0 Å². The number of carboxylic acids is 2. The Morgan fingerprint density at radius 2 is 1.22 bits per heavy atom. The quantitative estimate of drug-likeness (QED) is 0.0818. The summed E-state index contributed by atoms with van der Waals surface area (Å²) in [4.78, 5) is 21.5. The predicted molar refractivity (Wildman–Crippen MR) is 119 cm³/mol. The third-order valence-corrected chi connectivity index (χ3v) is 6.57. The molecule has 0 aromatic rings. The molecule has 13 atom stereocenters. The molecule has 0 aromatic carbocycles. The van der Waals surface area contributed by atoms with Gasteiger partial charge in [0.25, 0.3) is 0 Å². The fourth-order valence-electron chi connectivity index (χ4n) is 4.43. The lowest BCUT2D eigenvalue weighted by Gasteiger charge is -2.45. The van der Waals surface area contributed by atoms with Gasteiger partial charge in [0.05, 0.1) is 19.8 Å². The van der Waals surface area contributed by atoms with Crippen LogP contribution in [0.3, 0.4) is 0 Å². The molecule has 3 rings (SSSR count). The third kappa shape index (κ3) is 7.10. The summed E-state index contributed by atoms with van der Waals surface area (Å²) in [6.45, 7) is -5.26. The van der Waals surface area contributed by atoms with Crippen molar-refractivity contribution < 1.29 is 98.9 Å². The van der Waals surface area contributed by atoms with Gasteiger partial charge >= 0.3 is 17.9 Å². The van der Waals surface area contributed by atoms with Crippen LogP contribution in [0, 0.1) is 0 Å². The molecule has 41 heavy (non-hydrogen) atoms. The Kier molecular flexibility index (Phi) is 11.3. The lowest BCUT2D eigenvalue weighted by Crippen LogP contribution is -2.65. The zero-order valence-corrected chi connectivity index (χ0v) is 21.2. The third-order valence-electron chi connectivity index (χ3n) is 6.57. The van der Waals surface area contributed by atoms with E-state index < -0.39 is 131 Å². The Bertz CT molecular complexity index is 889. The van der Waals surface area contributed by atoms with Crippen LogP contribution < -0.4 is 0 Å². The summed E-state index contributed by atoms with van der Waals surface area (Å²) >= 11 is 0. The summed E-state index contributed by atoms with van der Waals surface area (Å²) in [7, 11) is 0. The topological polar surface area (TPSA) is 321 Å². The summed E-state index contributed by atoms with van der Waals surface area (Å²) in [6.07, 6.45) is -21.3. The van der Waals surface area contributed by atoms with Crippen molar-refractivity contribution in [1.82, 2.24) is 0 Å². The number of aliphatic carboxylic acids is 2. The van der Waals surface area contributed by atoms with E-state index in [0.717, 1.165) is 0 Å². The van der Waals surface area contributed by atoms with E-state index in [1.807, 2.05) is 0 Å². The summed E-state index contributed by atoms with van der Waals surface area (Å²) in [5.74, 6) is -8.65. The van der Waals surface area contributed by atoms with Crippen LogP contribution in [0.1, 0.15) is 0 Å². The highest BCUT2D eigenvalue weighted by Crippen LogP contribution is 2.44. The number of carboxylic acid groups (broad SMARTS) is 2. The molecule has 238 valence electrons. The lowest BCUT2D eigenvalue weighted by atomic mass is 9.99. The standard InChI is InChI=1S/C21H34O20/c22-1-7-12(28)15(31)16(32)19(37-7)40-21(18(34)14(30)9(39-21)3-36-5-11(26)27)41-20(6-23)17(33)13(29)8(38-20)2-35-4-10(24)25/h7-9,12-19,22-23,28-34H,1-6H2,(H,24,25)(H,26,27)/t7?,8-,9-,12-,13?,14?,15-,16?,17-,18-,19-,20+,21-/m1/s1. The number of rotatable bonds is 14. The maximum absolute atomic E-state index is 11.0. The van der Waals surface area contributed by atoms with Crippen LogP contribution in [0.4, 0.5) is 0 Å². The first-order valence-electron chi connectivity index (χ1n) is 12.2. The first-order valence-corrected chi connectivity index (χ1v) is 12.2. The average Bonchev–Trinajstić information content (AvgIpc) is 3.29. The number of ether oxygens (including phenoxy) is 7. The van der Waals surface area contributed by atoms with Crippen LogP contribution in [0.25, 0.3) is 0 Å². The highest BCUT2D eigenvalue weighted by molar-refractivity contribution is 5.68. The van der Waals surface area contributed by atoms with Crippen LogP contribution in [0.5, 0.6) is 0 Å². The summed E-state index contributed by atoms with van der Waals surface area (Å²) in [5.41, 5.74) is 0. The fraction of sp³-hybridized carbons (Fsp3) is 0.905. The molecule has 3 aliphatic heterocycles. The normalized spacial score (nSPS) is 44.8. The molecule has 20 nitrogen and oxygen atoms in total. The maximum atomic E-state index is 11.0. The molecular weight excluding hydrogens is 572 g/mol. The van der Waals surface area contributed by atoms with Crippen molar-refractivity contribution in [2.45, 2.75) is 79.1 Å². The van der Waals surface area contributed by atoms with E-state index in [4.69, 9.17) is 43.4 Å². The average molecular weight is 606 g/mol. The van der Waals surface area contributed by atoms with Crippen molar-refractivity contribution >= 4 is 11.9 Å². The minimum atomic E-state index is -3.12. The molecule has 3 saturated heterocycles. The van der Waals surface area contributed by atoms with E-state index in [1.165, 1.54) is 0 Å². The smallest absolute Gasteiger partial charge is 0.329 e. The van der Waals surface area contributed by atoms with Crippen LogP contribution in [0.15, 0.2) is 0 Å². The molecule has 0 aromatic heterocycles. The first kappa shape index (κ1) is 33.8. The van der Waals surface area contributed by atoms with Crippen molar-refractivity contribution in [3.05, 3.63) is 0 Å². The van der Waals surface area contributed by atoms with E-state index >= 15 is 0 Å². The number of aliphatic hydroxyl groups excluding tert-OH is 9. The molecule has 3 aliphatic rings. The second kappa shape index (κ2) is 13.7. The molecule has 0 saturated carbocycles. The summed E-state index contributed by atoms with van der Waals surface area (Å²) < 4.78 is 37.0. The number of hydrogen-bond acceptors (Lipinski definition) is 18. The highest BCUT2D eigenvalue weighted by Gasteiger charge is 2.67. The Morgan fingerprint density at radius 3 is 1.73 bits per heavy atom. The van der Waals surface area contributed by atoms with Gasteiger partial charge in [-0.05, 0) is 0 Å². The predicted octanol–water partition coefficient (Wildman–Crippen LogP) is -7.39. The van der Waals surface area contributed by atoms with Gasteiger partial charge in [0.1, 0.15) is 74.8 Å². The van der Waals surface area contributed by atoms with E-state index in [-0.39, 0.29) is 0 Å². The molecule has 0 spiro atoms. The molecule has 11 N–H and O–H groups in total. The van der Waals surface area contributed by atoms with Gasteiger partial charge in [0.2, 0.25) is 5.79 Å². The SMILES string of the molecule is O=C(O)COC[C@H]1O[C@@](CO)(O[C@@]2(O[C@H]3OC(CO)[C@@H](O)[C@@H](O)C3O)O[C@H](COCC(=O)O)C(O)[C@H]2O)[C@H](O)C1O. The first-order chi connectivity index (χ1) is 19.2. The van der Waals surface area contributed by atoms with Gasteiger partial charge in [-0.25, -0.2) is 9.59 Å². The largest absolute Gasteiger partial charge is 0.480 e.